The van der Waals surface area contributed by atoms with Crippen molar-refractivity contribution >= 4 is 5.91 Å². The number of hydrogen-bond acceptors (Lipinski definition) is 5. The van der Waals surface area contributed by atoms with Gasteiger partial charge in [-0.05, 0) is 23.6 Å². The van der Waals surface area contributed by atoms with Gasteiger partial charge < -0.3 is 14.8 Å². The largest absolute Gasteiger partial charge is 0.497 e. The fraction of sp³-hybridized carbons (Fsp3) is 0.471. The SMILES string of the molecule is COc1ccc([C@@H]2Cn3nnc(C(=O)NCC(C)C)c3CO2)cc1. The first-order valence-corrected chi connectivity index (χ1v) is 8.04. The second-order valence-electron chi connectivity index (χ2n) is 6.24. The molecule has 7 nitrogen and oxygen atoms in total. The highest BCUT2D eigenvalue weighted by Gasteiger charge is 2.27. The van der Waals surface area contributed by atoms with Gasteiger partial charge in [0.15, 0.2) is 5.69 Å². The summed E-state index contributed by atoms with van der Waals surface area (Å²) in [5.41, 5.74) is 2.12. The fourth-order valence-corrected chi connectivity index (χ4v) is 2.59. The van der Waals surface area contributed by atoms with Gasteiger partial charge >= 0.3 is 0 Å². The van der Waals surface area contributed by atoms with Crippen molar-refractivity contribution in [2.24, 2.45) is 5.92 Å². The normalized spacial score (nSPS) is 16.8. The van der Waals surface area contributed by atoms with Crippen molar-refractivity contribution in [1.29, 1.82) is 0 Å². The first-order valence-electron chi connectivity index (χ1n) is 8.04. The van der Waals surface area contributed by atoms with Crippen molar-refractivity contribution in [1.82, 2.24) is 20.3 Å². The van der Waals surface area contributed by atoms with Crippen LogP contribution in [-0.4, -0.2) is 34.6 Å². The summed E-state index contributed by atoms with van der Waals surface area (Å²) in [7, 11) is 1.64. The van der Waals surface area contributed by atoms with E-state index in [1.165, 1.54) is 0 Å². The van der Waals surface area contributed by atoms with Gasteiger partial charge in [-0.25, -0.2) is 4.68 Å². The molecule has 1 aliphatic heterocycles. The summed E-state index contributed by atoms with van der Waals surface area (Å²) in [6, 6.07) is 7.75. The molecule has 1 aromatic carbocycles. The van der Waals surface area contributed by atoms with Crippen LogP contribution in [-0.2, 0) is 17.9 Å². The quantitative estimate of drug-likeness (QED) is 0.906. The molecule has 128 valence electrons. The molecule has 2 aromatic rings. The van der Waals surface area contributed by atoms with Crippen LogP contribution in [0.5, 0.6) is 5.75 Å². The Kier molecular flexibility index (Phi) is 4.80. The third-order valence-corrected chi connectivity index (χ3v) is 3.97. The minimum Gasteiger partial charge on any atom is -0.497 e. The van der Waals surface area contributed by atoms with E-state index in [1.807, 2.05) is 38.1 Å². The van der Waals surface area contributed by atoms with Crippen LogP contribution in [0.4, 0.5) is 0 Å². The average molecular weight is 330 g/mol. The van der Waals surface area contributed by atoms with E-state index in [0.29, 0.717) is 31.3 Å². The van der Waals surface area contributed by atoms with E-state index in [-0.39, 0.29) is 12.0 Å². The van der Waals surface area contributed by atoms with Gasteiger partial charge in [-0.1, -0.05) is 31.2 Å². The van der Waals surface area contributed by atoms with Crippen LogP contribution in [0.1, 0.15) is 41.7 Å². The first-order chi connectivity index (χ1) is 11.6. The highest BCUT2D eigenvalue weighted by molar-refractivity contribution is 5.93. The van der Waals surface area contributed by atoms with E-state index in [9.17, 15) is 4.79 Å². The van der Waals surface area contributed by atoms with Crippen molar-refractivity contribution in [3.8, 4) is 5.75 Å². The number of carbonyl (C=O) groups excluding carboxylic acids is 1. The summed E-state index contributed by atoms with van der Waals surface area (Å²) in [5.74, 6) is 0.993. The summed E-state index contributed by atoms with van der Waals surface area (Å²) in [4.78, 5) is 12.2. The van der Waals surface area contributed by atoms with E-state index < -0.39 is 0 Å². The molecule has 1 aromatic heterocycles. The molecular formula is C17H22N4O3. The Bertz CT molecular complexity index is 709. The Hall–Kier alpha value is -2.41. The molecule has 0 saturated carbocycles. The highest BCUT2D eigenvalue weighted by atomic mass is 16.5. The van der Waals surface area contributed by atoms with Gasteiger partial charge in [-0.15, -0.1) is 5.10 Å². The number of amides is 1. The molecule has 2 heterocycles. The number of hydrogen-bond donors (Lipinski definition) is 1. The molecule has 1 aliphatic rings. The highest BCUT2D eigenvalue weighted by Crippen LogP contribution is 2.28. The summed E-state index contributed by atoms with van der Waals surface area (Å²) in [6.45, 7) is 5.55. The minimum absolute atomic E-state index is 0.114. The minimum atomic E-state index is -0.198. The zero-order chi connectivity index (χ0) is 17.1. The lowest BCUT2D eigenvalue weighted by Crippen LogP contribution is -2.30. The van der Waals surface area contributed by atoms with Crippen LogP contribution in [0, 0.1) is 5.92 Å². The molecule has 1 atom stereocenters. The van der Waals surface area contributed by atoms with Gasteiger partial charge in [-0.2, -0.15) is 0 Å². The first kappa shape index (κ1) is 16.4. The molecule has 0 aliphatic carbocycles. The fourth-order valence-electron chi connectivity index (χ4n) is 2.59. The maximum absolute atomic E-state index is 12.2. The molecule has 0 fully saturated rings. The number of rotatable bonds is 5. The monoisotopic (exact) mass is 330 g/mol. The van der Waals surface area contributed by atoms with Crippen molar-refractivity contribution in [3.63, 3.8) is 0 Å². The van der Waals surface area contributed by atoms with Crippen molar-refractivity contribution in [2.75, 3.05) is 13.7 Å². The number of fused-ring (bicyclic) bond motifs is 1. The number of aromatic nitrogens is 3. The topological polar surface area (TPSA) is 78.3 Å². The Morgan fingerprint density at radius 3 is 2.83 bits per heavy atom. The molecular weight excluding hydrogens is 308 g/mol. The van der Waals surface area contributed by atoms with Gasteiger partial charge in [0, 0.05) is 6.54 Å². The van der Waals surface area contributed by atoms with Gasteiger partial charge in [0.25, 0.3) is 5.91 Å². The molecule has 1 N–H and O–H groups in total. The van der Waals surface area contributed by atoms with Gasteiger partial charge in [0.2, 0.25) is 0 Å². The lowest BCUT2D eigenvalue weighted by molar-refractivity contribution is -0.00179. The van der Waals surface area contributed by atoms with E-state index >= 15 is 0 Å². The number of benzene rings is 1. The predicted octanol–water partition coefficient (Wildman–Crippen LogP) is 1.94. The summed E-state index contributed by atoms with van der Waals surface area (Å²) >= 11 is 0. The molecule has 1 amide bonds. The average Bonchev–Trinajstić information content (AvgIpc) is 3.03. The Morgan fingerprint density at radius 2 is 2.17 bits per heavy atom. The van der Waals surface area contributed by atoms with E-state index in [0.717, 1.165) is 17.0 Å². The van der Waals surface area contributed by atoms with Crippen molar-refractivity contribution in [3.05, 3.63) is 41.2 Å². The standard InChI is InChI=1S/C17H22N4O3/c1-11(2)8-18-17(22)16-14-10-24-15(9-21(14)20-19-16)12-4-6-13(23-3)7-5-12/h4-7,11,15H,8-10H2,1-3H3,(H,18,22)/t15-/m0/s1. The lowest BCUT2D eigenvalue weighted by Gasteiger charge is -2.24. The Morgan fingerprint density at radius 1 is 1.42 bits per heavy atom. The molecule has 24 heavy (non-hydrogen) atoms. The molecule has 0 bridgehead atoms. The molecule has 0 spiro atoms. The second-order valence-corrected chi connectivity index (χ2v) is 6.24. The van der Waals surface area contributed by atoms with Gasteiger partial charge in [-0.3, -0.25) is 4.79 Å². The van der Waals surface area contributed by atoms with Crippen molar-refractivity contribution in [2.45, 2.75) is 33.1 Å². The smallest absolute Gasteiger partial charge is 0.273 e. The maximum Gasteiger partial charge on any atom is 0.273 e. The van der Waals surface area contributed by atoms with Crippen LogP contribution in [0.15, 0.2) is 24.3 Å². The number of nitrogens with zero attached hydrogens (tertiary/aromatic N) is 3. The van der Waals surface area contributed by atoms with Crippen LogP contribution >= 0.6 is 0 Å². The number of ether oxygens (including phenoxy) is 2. The zero-order valence-corrected chi connectivity index (χ0v) is 14.2. The Balaban J connectivity index is 1.71. The third-order valence-electron chi connectivity index (χ3n) is 3.97. The lowest BCUT2D eigenvalue weighted by atomic mass is 10.1. The number of carbonyl (C=O) groups is 1. The molecule has 7 heteroatoms. The molecule has 3 rings (SSSR count). The van der Waals surface area contributed by atoms with E-state index in [4.69, 9.17) is 9.47 Å². The van der Waals surface area contributed by atoms with Gasteiger partial charge in [0.1, 0.15) is 11.9 Å². The maximum atomic E-state index is 12.2. The summed E-state index contributed by atoms with van der Waals surface area (Å²) in [6.07, 6.45) is -0.114. The second kappa shape index (κ2) is 7.00. The van der Waals surface area contributed by atoms with Crippen LogP contribution in [0.2, 0.25) is 0 Å². The third kappa shape index (κ3) is 3.41. The van der Waals surface area contributed by atoms with E-state index in [1.54, 1.807) is 11.8 Å². The Labute approximate surface area is 141 Å². The molecule has 0 saturated heterocycles. The van der Waals surface area contributed by atoms with E-state index in [2.05, 4.69) is 15.6 Å². The zero-order valence-electron chi connectivity index (χ0n) is 14.2. The number of nitrogens with one attached hydrogen (secondary N) is 1. The predicted molar refractivity (Wildman–Crippen MR) is 87.7 cm³/mol. The van der Waals surface area contributed by atoms with Crippen molar-refractivity contribution < 1.29 is 14.3 Å². The van der Waals surface area contributed by atoms with Gasteiger partial charge in [0.05, 0.1) is 26.0 Å². The summed E-state index contributed by atoms with van der Waals surface area (Å²) < 4.78 is 12.8. The molecule has 0 unspecified atom stereocenters. The van der Waals surface area contributed by atoms with Crippen LogP contribution in [0.3, 0.4) is 0 Å². The number of methoxy groups -OCH3 is 1. The van der Waals surface area contributed by atoms with Crippen LogP contribution in [0.25, 0.3) is 0 Å². The molecule has 0 radical (unpaired) electrons. The summed E-state index contributed by atoms with van der Waals surface area (Å²) in [5, 5.41) is 11.0. The van der Waals surface area contributed by atoms with Crippen LogP contribution < -0.4 is 10.1 Å².